The summed E-state index contributed by atoms with van der Waals surface area (Å²) in [5, 5.41) is 11.8. The Bertz CT molecular complexity index is 1080. The highest BCUT2D eigenvalue weighted by atomic mass is 32.2. The number of aromatic nitrogens is 2. The number of carbonyl (C=O) groups is 1. The van der Waals surface area contributed by atoms with E-state index in [2.05, 4.69) is 4.98 Å². The summed E-state index contributed by atoms with van der Waals surface area (Å²) < 4.78 is 17.9. The average Bonchev–Trinajstić information content (AvgIpc) is 3.10. The van der Waals surface area contributed by atoms with Crippen molar-refractivity contribution in [3.8, 4) is 5.75 Å². The molecule has 4 rings (SSSR count). The number of rotatable bonds is 5. The second-order valence-electron chi connectivity index (χ2n) is 5.94. The lowest BCUT2D eigenvalue weighted by atomic mass is 10.1. The Kier molecular flexibility index (Phi) is 4.88. The second-order valence-corrected chi connectivity index (χ2v) is 6.71. The molecule has 10 heteroatoms. The largest absolute Gasteiger partial charge is 0.467 e. The first-order valence-corrected chi connectivity index (χ1v) is 9.50. The van der Waals surface area contributed by atoms with Gasteiger partial charge >= 0.3 is 5.97 Å². The van der Waals surface area contributed by atoms with Crippen LogP contribution in [0.5, 0.6) is 5.75 Å². The first kappa shape index (κ1) is 18.3. The molecule has 9 nitrogen and oxygen atoms in total. The molecular formula is C18H15N3O6S. The van der Waals surface area contributed by atoms with Gasteiger partial charge in [-0.1, -0.05) is 17.8 Å². The van der Waals surface area contributed by atoms with Crippen LogP contribution in [0.2, 0.25) is 0 Å². The standard InChI is InChI=1S/C18H15N3O6S/c1-28-18-19-15(14-4-2-3-5-20(14)18)17(22)26-9-12-7-13(21(23)24)6-11-8-25-10-27-16(11)12/h2-7H,8-10H2,1H3. The third kappa shape index (κ3) is 3.27. The quantitative estimate of drug-likeness (QED) is 0.278. The van der Waals surface area contributed by atoms with E-state index in [1.807, 2.05) is 24.6 Å². The number of esters is 1. The van der Waals surface area contributed by atoms with Crippen LogP contribution in [0.15, 0.2) is 41.7 Å². The fraction of sp³-hybridized carbons (Fsp3) is 0.222. The number of hydrogen-bond acceptors (Lipinski definition) is 8. The SMILES string of the molecule is CSc1nc(C(=O)OCc2cc([N+](=O)[O-])cc3c2OCOC3)c2ccccn12. The Morgan fingerprint density at radius 1 is 1.43 bits per heavy atom. The number of pyridine rings is 1. The summed E-state index contributed by atoms with van der Waals surface area (Å²) >= 11 is 1.41. The summed E-state index contributed by atoms with van der Waals surface area (Å²) in [6, 6.07) is 8.17. The topological polar surface area (TPSA) is 105 Å². The first-order valence-electron chi connectivity index (χ1n) is 8.27. The third-order valence-corrected chi connectivity index (χ3v) is 4.89. The van der Waals surface area contributed by atoms with Gasteiger partial charge in [0.2, 0.25) is 0 Å². The lowest BCUT2D eigenvalue weighted by Gasteiger charge is -2.20. The van der Waals surface area contributed by atoms with E-state index < -0.39 is 10.9 Å². The van der Waals surface area contributed by atoms with Crippen LogP contribution in [0.25, 0.3) is 5.52 Å². The number of thioether (sulfide) groups is 1. The molecule has 0 saturated carbocycles. The summed E-state index contributed by atoms with van der Waals surface area (Å²) in [4.78, 5) is 27.7. The van der Waals surface area contributed by atoms with E-state index in [1.54, 1.807) is 10.5 Å². The molecule has 0 bridgehead atoms. The lowest BCUT2D eigenvalue weighted by Crippen LogP contribution is -2.15. The van der Waals surface area contributed by atoms with Crippen molar-refractivity contribution in [3.63, 3.8) is 0 Å². The van der Waals surface area contributed by atoms with Crippen LogP contribution in [0, 0.1) is 10.1 Å². The second kappa shape index (κ2) is 7.49. The maximum absolute atomic E-state index is 12.6. The molecule has 0 amide bonds. The van der Waals surface area contributed by atoms with E-state index >= 15 is 0 Å². The van der Waals surface area contributed by atoms with Crippen molar-refractivity contribution in [2.75, 3.05) is 13.0 Å². The van der Waals surface area contributed by atoms with Crippen LogP contribution >= 0.6 is 11.8 Å². The van der Waals surface area contributed by atoms with Crippen molar-refractivity contribution in [2.24, 2.45) is 0 Å². The molecule has 0 atom stereocenters. The molecule has 0 spiro atoms. The molecule has 28 heavy (non-hydrogen) atoms. The van der Waals surface area contributed by atoms with Gasteiger partial charge in [-0.3, -0.25) is 14.5 Å². The molecule has 0 radical (unpaired) electrons. The van der Waals surface area contributed by atoms with Gasteiger partial charge in [0.15, 0.2) is 17.6 Å². The number of fused-ring (bicyclic) bond motifs is 2. The monoisotopic (exact) mass is 401 g/mol. The molecule has 0 aliphatic carbocycles. The van der Waals surface area contributed by atoms with Gasteiger partial charge in [0, 0.05) is 29.5 Å². The molecule has 1 aromatic carbocycles. The van der Waals surface area contributed by atoms with Crippen molar-refractivity contribution in [1.82, 2.24) is 9.38 Å². The van der Waals surface area contributed by atoms with Crippen molar-refractivity contribution in [1.29, 1.82) is 0 Å². The van der Waals surface area contributed by atoms with Crippen LogP contribution in [0.4, 0.5) is 5.69 Å². The predicted octanol–water partition coefficient (Wildman–Crippen LogP) is 3.19. The zero-order chi connectivity index (χ0) is 19.7. The lowest BCUT2D eigenvalue weighted by molar-refractivity contribution is -0.385. The summed E-state index contributed by atoms with van der Waals surface area (Å²) in [5.74, 6) is -0.166. The number of hydrogen-bond donors (Lipinski definition) is 0. The van der Waals surface area contributed by atoms with Crippen molar-refractivity contribution in [2.45, 2.75) is 18.4 Å². The third-order valence-electron chi connectivity index (χ3n) is 4.23. The van der Waals surface area contributed by atoms with Crippen LogP contribution in [0.3, 0.4) is 0 Å². The summed E-state index contributed by atoms with van der Waals surface area (Å²) in [5.41, 5.74) is 1.66. The van der Waals surface area contributed by atoms with Gasteiger partial charge in [-0.15, -0.1) is 0 Å². The molecule has 1 aliphatic rings. The van der Waals surface area contributed by atoms with E-state index in [0.717, 1.165) is 0 Å². The van der Waals surface area contributed by atoms with Gasteiger partial charge in [0.1, 0.15) is 12.4 Å². The maximum atomic E-state index is 12.6. The molecule has 0 N–H and O–H groups in total. The molecule has 1 aliphatic heterocycles. The molecule has 3 heterocycles. The zero-order valence-corrected chi connectivity index (χ0v) is 15.6. The summed E-state index contributed by atoms with van der Waals surface area (Å²) in [6.45, 7) is 0.0541. The molecule has 0 unspecified atom stereocenters. The molecule has 0 saturated heterocycles. The van der Waals surface area contributed by atoms with E-state index in [0.29, 0.717) is 27.5 Å². The van der Waals surface area contributed by atoms with Crippen molar-refractivity contribution >= 4 is 28.9 Å². The van der Waals surface area contributed by atoms with Crippen LogP contribution in [-0.2, 0) is 22.7 Å². The first-order chi connectivity index (χ1) is 13.6. The Balaban J connectivity index is 1.62. The van der Waals surface area contributed by atoms with Gasteiger partial charge < -0.3 is 14.2 Å². The average molecular weight is 401 g/mol. The van der Waals surface area contributed by atoms with E-state index in [1.165, 1.54) is 23.9 Å². The highest BCUT2D eigenvalue weighted by molar-refractivity contribution is 7.98. The molecule has 144 valence electrons. The number of benzene rings is 1. The number of carbonyl (C=O) groups excluding carboxylic acids is 1. The minimum absolute atomic E-state index is 0.0362. The number of nitro groups is 1. The highest BCUT2D eigenvalue weighted by Gasteiger charge is 2.23. The minimum Gasteiger partial charge on any atom is -0.467 e. The van der Waals surface area contributed by atoms with Gasteiger partial charge in [-0.25, -0.2) is 9.78 Å². The number of nitro benzene ring substituents is 1. The highest BCUT2D eigenvalue weighted by Crippen LogP contribution is 2.33. The smallest absolute Gasteiger partial charge is 0.359 e. The number of non-ortho nitro benzene ring substituents is 1. The van der Waals surface area contributed by atoms with E-state index in [-0.39, 0.29) is 31.4 Å². The van der Waals surface area contributed by atoms with E-state index in [4.69, 9.17) is 14.2 Å². The molecule has 3 aromatic rings. The molecule has 2 aromatic heterocycles. The van der Waals surface area contributed by atoms with Gasteiger partial charge in [-0.05, 0) is 18.4 Å². The Labute approximate surface area is 163 Å². The predicted molar refractivity (Wildman–Crippen MR) is 99.5 cm³/mol. The number of imidazole rings is 1. The minimum atomic E-state index is -0.615. The summed E-state index contributed by atoms with van der Waals surface area (Å²) in [7, 11) is 0. The molecule has 0 fully saturated rings. The fourth-order valence-corrected chi connectivity index (χ4v) is 3.55. The van der Waals surface area contributed by atoms with Gasteiger partial charge in [0.25, 0.3) is 5.69 Å². The maximum Gasteiger partial charge on any atom is 0.359 e. The van der Waals surface area contributed by atoms with Crippen molar-refractivity contribution in [3.05, 3.63) is 63.5 Å². The van der Waals surface area contributed by atoms with Gasteiger partial charge in [-0.2, -0.15) is 0 Å². The Hall–Kier alpha value is -3.11. The number of nitrogens with zero attached hydrogens (tertiary/aromatic N) is 3. The number of ether oxygens (including phenoxy) is 3. The Morgan fingerprint density at radius 3 is 3.07 bits per heavy atom. The molecular weight excluding hydrogens is 386 g/mol. The zero-order valence-electron chi connectivity index (χ0n) is 14.8. The van der Waals surface area contributed by atoms with Crippen LogP contribution in [0.1, 0.15) is 21.6 Å². The van der Waals surface area contributed by atoms with Crippen LogP contribution in [-0.4, -0.2) is 33.3 Å². The van der Waals surface area contributed by atoms with Gasteiger partial charge in [0.05, 0.1) is 17.0 Å². The normalized spacial score (nSPS) is 13.0. The van der Waals surface area contributed by atoms with Crippen molar-refractivity contribution < 1.29 is 23.9 Å². The van der Waals surface area contributed by atoms with E-state index in [9.17, 15) is 14.9 Å². The Morgan fingerprint density at radius 2 is 2.29 bits per heavy atom. The van der Waals surface area contributed by atoms with Crippen LogP contribution < -0.4 is 4.74 Å². The fourth-order valence-electron chi connectivity index (χ4n) is 3.01. The summed E-state index contributed by atoms with van der Waals surface area (Å²) in [6.07, 6.45) is 3.68.